The van der Waals surface area contributed by atoms with Crippen molar-refractivity contribution in [2.24, 2.45) is 11.8 Å². The van der Waals surface area contributed by atoms with E-state index in [1.54, 1.807) is 0 Å². The molecule has 54 heavy (non-hydrogen) atoms. The Balaban J connectivity index is 1.18. The van der Waals surface area contributed by atoms with Crippen LogP contribution in [-0.4, -0.2) is 0 Å². The average molecular weight is 693 g/mol. The molecule has 0 aromatic heterocycles. The van der Waals surface area contributed by atoms with E-state index < -0.39 is 0 Å². The first-order chi connectivity index (χ1) is 26.4. The third-order valence-electron chi connectivity index (χ3n) is 11.8. The number of fused-ring (bicyclic) bond motifs is 9. The van der Waals surface area contributed by atoms with E-state index in [2.05, 4.69) is 185 Å². The molecule has 0 saturated heterocycles. The molecule has 0 nitrogen and oxygen atoms in total. The van der Waals surface area contributed by atoms with E-state index in [9.17, 15) is 0 Å². The van der Waals surface area contributed by atoms with Crippen molar-refractivity contribution in [1.82, 2.24) is 0 Å². The zero-order valence-corrected chi connectivity index (χ0v) is 31.6. The van der Waals surface area contributed by atoms with E-state index in [4.69, 9.17) is 0 Å². The van der Waals surface area contributed by atoms with Gasteiger partial charge in [0.05, 0.1) is 0 Å². The van der Waals surface area contributed by atoms with Crippen LogP contribution in [0.4, 0.5) is 0 Å². The number of benzene rings is 10. The summed E-state index contributed by atoms with van der Waals surface area (Å²) in [4.78, 5) is 0. The van der Waals surface area contributed by atoms with E-state index in [0.29, 0.717) is 11.8 Å². The van der Waals surface area contributed by atoms with Gasteiger partial charge in [0.15, 0.2) is 0 Å². The van der Waals surface area contributed by atoms with Crippen molar-refractivity contribution in [2.75, 3.05) is 0 Å². The molecular weight excluding hydrogens is 649 g/mol. The van der Waals surface area contributed by atoms with Crippen molar-refractivity contribution in [1.29, 1.82) is 0 Å². The van der Waals surface area contributed by atoms with Gasteiger partial charge in [-0.15, -0.1) is 0 Å². The molecule has 0 heteroatoms. The largest absolute Gasteiger partial charge is 0.0625 e. The highest BCUT2D eigenvalue weighted by molar-refractivity contribution is 6.21. The van der Waals surface area contributed by atoms with Crippen molar-refractivity contribution in [3.63, 3.8) is 0 Å². The third kappa shape index (κ3) is 5.19. The molecule has 260 valence electrons. The highest BCUT2D eigenvalue weighted by Gasteiger charge is 2.18. The Labute approximate surface area is 317 Å². The van der Waals surface area contributed by atoms with Gasteiger partial charge in [0.1, 0.15) is 0 Å². The van der Waals surface area contributed by atoms with E-state index in [1.165, 1.54) is 109 Å². The Kier molecular flexibility index (Phi) is 7.77. The Morgan fingerprint density at radius 2 is 0.611 bits per heavy atom. The summed E-state index contributed by atoms with van der Waals surface area (Å²) in [6.45, 7) is 9.31. The van der Waals surface area contributed by atoms with Crippen molar-refractivity contribution in [3.05, 3.63) is 169 Å². The van der Waals surface area contributed by atoms with Crippen LogP contribution in [0.15, 0.2) is 158 Å². The van der Waals surface area contributed by atoms with Crippen LogP contribution in [0, 0.1) is 11.8 Å². The lowest BCUT2D eigenvalue weighted by Gasteiger charge is -2.18. The predicted molar refractivity (Wildman–Crippen MR) is 237 cm³/mol. The maximum absolute atomic E-state index is 2.42. The molecular formula is C54H44. The lowest BCUT2D eigenvalue weighted by atomic mass is 9.85. The first kappa shape index (κ1) is 32.7. The van der Waals surface area contributed by atoms with Crippen LogP contribution < -0.4 is 0 Å². The summed E-state index contributed by atoms with van der Waals surface area (Å²) >= 11 is 0. The Morgan fingerprint density at radius 3 is 1.04 bits per heavy atom. The van der Waals surface area contributed by atoms with E-state index >= 15 is 0 Å². The van der Waals surface area contributed by atoms with Crippen LogP contribution >= 0.6 is 0 Å². The van der Waals surface area contributed by atoms with Gasteiger partial charge in [-0.05, 0) is 146 Å². The summed E-state index contributed by atoms with van der Waals surface area (Å²) in [6, 6.07) is 59.7. The fourth-order valence-electron chi connectivity index (χ4n) is 9.49. The van der Waals surface area contributed by atoms with Crippen molar-refractivity contribution < 1.29 is 0 Å². The molecule has 0 amide bonds. The molecule has 10 aromatic carbocycles. The molecule has 0 aliphatic carbocycles. The normalized spacial score (nSPS) is 12.2. The van der Waals surface area contributed by atoms with Crippen LogP contribution in [0.1, 0.15) is 38.8 Å². The van der Waals surface area contributed by atoms with Gasteiger partial charge in [0.2, 0.25) is 0 Å². The number of hydrogen-bond acceptors (Lipinski definition) is 0. The van der Waals surface area contributed by atoms with Crippen molar-refractivity contribution >= 4 is 75.4 Å². The second kappa shape index (κ2) is 12.9. The van der Waals surface area contributed by atoms with Crippen LogP contribution in [0.25, 0.3) is 97.7 Å². The van der Waals surface area contributed by atoms with Gasteiger partial charge in [-0.1, -0.05) is 173 Å². The van der Waals surface area contributed by atoms with Gasteiger partial charge in [-0.2, -0.15) is 0 Å². The molecule has 0 N–H and O–H groups in total. The van der Waals surface area contributed by atoms with E-state index in [0.717, 1.165) is 12.8 Å². The minimum atomic E-state index is 0.577. The second-order valence-electron chi connectivity index (χ2n) is 16.2. The van der Waals surface area contributed by atoms with Gasteiger partial charge in [0.25, 0.3) is 0 Å². The lowest BCUT2D eigenvalue weighted by Crippen LogP contribution is -1.97. The lowest BCUT2D eigenvalue weighted by molar-refractivity contribution is 0.653. The van der Waals surface area contributed by atoms with Crippen molar-refractivity contribution in [3.8, 4) is 22.3 Å². The van der Waals surface area contributed by atoms with Gasteiger partial charge >= 0.3 is 0 Å². The van der Waals surface area contributed by atoms with Gasteiger partial charge in [-0.25, -0.2) is 0 Å². The fraction of sp³-hybridized carbons (Fsp3) is 0.148. The molecule has 0 saturated carbocycles. The maximum Gasteiger partial charge on any atom is -0.00960 e. The molecule has 0 unspecified atom stereocenters. The number of rotatable bonds is 6. The second-order valence-corrected chi connectivity index (χ2v) is 16.2. The quantitative estimate of drug-likeness (QED) is 0.120. The summed E-state index contributed by atoms with van der Waals surface area (Å²) in [6.07, 6.45) is 2.13. The van der Waals surface area contributed by atoms with E-state index in [-0.39, 0.29) is 0 Å². The molecule has 0 bridgehead atoms. The molecule has 0 aliphatic rings. The maximum atomic E-state index is 2.42. The molecule has 0 fully saturated rings. The molecule has 10 aromatic rings. The molecule has 0 heterocycles. The van der Waals surface area contributed by atoms with Crippen LogP contribution in [0.3, 0.4) is 0 Å². The smallest absolute Gasteiger partial charge is 0.00960 e. The fourth-order valence-corrected chi connectivity index (χ4v) is 9.49. The minimum absolute atomic E-state index is 0.577. The van der Waals surface area contributed by atoms with Crippen LogP contribution in [0.2, 0.25) is 0 Å². The van der Waals surface area contributed by atoms with Gasteiger partial charge in [0, 0.05) is 0 Å². The topological polar surface area (TPSA) is 0 Å². The average Bonchev–Trinajstić information content (AvgIpc) is 3.19. The summed E-state index contributed by atoms with van der Waals surface area (Å²) in [5, 5.41) is 18.6. The Hall–Kier alpha value is -5.98. The summed E-state index contributed by atoms with van der Waals surface area (Å²) in [7, 11) is 0. The summed E-state index contributed by atoms with van der Waals surface area (Å²) in [5.41, 5.74) is 8.05. The summed E-state index contributed by atoms with van der Waals surface area (Å²) < 4.78 is 0. The first-order valence-corrected chi connectivity index (χ1v) is 19.7. The Bertz CT molecular complexity index is 2890. The highest BCUT2D eigenvalue weighted by atomic mass is 14.2. The molecule has 0 spiro atoms. The molecule has 0 atom stereocenters. The zero-order chi connectivity index (χ0) is 36.5. The molecule has 10 rings (SSSR count). The predicted octanol–water partition coefficient (Wildman–Crippen LogP) is 15.5. The molecule has 0 radical (unpaired) electrons. The number of hydrogen-bond donors (Lipinski definition) is 0. The third-order valence-corrected chi connectivity index (χ3v) is 11.8. The van der Waals surface area contributed by atoms with Crippen LogP contribution in [0.5, 0.6) is 0 Å². The van der Waals surface area contributed by atoms with Gasteiger partial charge in [-0.3, -0.25) is 0 Å². The Morgan fingerprint density at radius 1 is 0.278 bits per heavy atom. The van der Waals surface area contributed by atoms with E-state index in [1.807, 2.05) is 0 Å². The minimum Gasteiger partial charge on any atom is -0.0625 e. The standard InChI is InChI=1S/C54H44/c1-33(2)29-51-37-15-7-5-13-35(37)31-53-43-21-11-19-41(47(43)25-27-49(51)53)45-23-24-46(40-18-10-9-17-39(40)45)42-20-12-22-44-48(42)26-28-50-52(30-34(3)4)38-16-8-6-14-36(38)32-54(44)50/h5-28,31-34H,29-30H2,1-4H3. The zero-order valence-electron chi connectivity index (χ0n) is 31.6. The van der Waals surface area contributed by atoms with Gasteiger partial charge < -0.3 is 0 Å². The van der Waals surface area contributed by atoms with Crippen LogP contribution in [-0.2, 0) is 12.8 Å². The highest BCUT2D eigenvalue weighted by Crippen LogP contribution is 2.44. The summed E-state index contributed by atoms with van der Waals surface area (Å²) in [5.74, 6) is 1.15. The SMILES string of the molecule is CC(C)Cc1c2ccccc2cc2c1ccc1c(-c3ccc(-c4cccc5c4ccc4c(CC(C)C)c6ccccc6cc45)c4ccccc34)cccc12. The monoisotopic (exact) mass is 692 g/mol. The first-order valence-electron chi connectivity index (χ1n) is 19.7. The molecule has 0 aliphatic heterocycles. The van der Waals surface area contributed by atoms with Crippen molar-refractivity contribution in [2.45, 2.75) is 40.5 Å².